The monoisotopic (exact) mass is 547 g/mol. The molecule has 2 unspecified atom stereocenters. The Kier molecular flexibility index (Phi) is 7.74. The van der Waals surface area contributed by atoms with Gasteiger partial charge in [-0.25, -0.2) is 4.39 Å². The van der Waals surface area contributed by atoms with Gasteiger partial charge in [0.15, 0.2) is 0 Å². The van der Waals surface area contributed by atoms with Crippen LogP contribution in [0, 0.1) is 29.5 Å². The van der Waals surface area contributed by atoms with E-state index in [0.717, 1.165) is 26.1 Å². The number of hydrogen-bond acceptors (Lipinski definition) is 5. The molecule has 2 aliphatic heterocycles. The van der Waals surface area contributed by atoms with Crippen LogP contribution in [0.25, 0.3) is 0 Å². The first kappa shape index (κ1) is 26.5. The molecular formula is C32H38FN3O2S. The normalized spacial score (nSPS) is 22.8. The largest absolute Gasteiger partial charge is 0.378 e. The molecule has 39 heavy (non-hydrogen) atoms. The Balaban J connectivity index is 1.11. The molecule has 1 amide bonds. The molecule has 3 aromatic rings. The van der Waals surface area contributed by atoms with E-state index in [1.807, 2.05) is 39.4 Å². The third-order valence-corrected chi connectivity index (χ3v) is 9.34. The number of fused-ring (bicyclic) bond motifs is 1. The van der Waals surface area contributed by atoms with E-state index < -0.39 is 0 Å². The number of carbonyl (C=O) groups excluding carboxylic acids is 1. The number of piperidine rings is 1. The molecule has 5 nitrogen and oxygen atoms in total. The molecule has 1 aliphatic carbocycles. The molecule has 2 atom stereocenters. The summed E-state index contributed by atoms with van der Waals surface area (Å²) < 4.78 is 20.7. The van der Waals surface area contributed by atoms with Crippen molar-refractivity contribution in [2.45, 2.75) is 26.8 Å². The third kappa shape index (κ3) is 5.91. The first-order valence-electron chi connectivity index (χ1n) is 14.2. The Bertz CT molecular complexity index is 1260. The van der Waals surface area contributed by atoms with Crippen molar-refractivity contribution >= 4 is 28.6 Å². The lowest BCUT2D eigenvalue weighted by Gasteiger charge is -2.30. The number of anilines is 2. The van der Waals surface area contributed by atoms with E-state index in [4.69, 9.17) is 4.74 Å². The summed E-state index contributed by atoms with van der Waals surface area (Å²) in [5.41, 5.74) is 4.00. The van der Waals surface area contributed by atoms with E-state index in [0.29, 0.717) is 72.8 Å². The Morgan fingerprint density at radius 3 is 2.41 bits per heavy atom. The number of thiophene rings is 1. The Labute approximate surface area is 235 Å². The van der Waals surface area contributed by atoms with Gasteiger partial charge in [-0.1, -0.05) is 44.2 Å². The number of benzene rings is 2. The molecule has 1 aromatic heterocycles. The van der Waals surface area contributed by atoms with E-state index in [1.165, 1.54) is 22.5 Å². The second-order valence-corrected chi connectivity index (χ2v) is 12.7. The molecule has 3 heterocycles. The van der Waals surface area contributed by atoms with Gasteiger partial charge in [-0.3, -0.25) is 9.69 Å². The highest BCUT2D eigenvalue weighted by Crippen LogP contribution is 2.52. The van der Waals surface area contributed by atoms with E-state index in [1.54, 1.807) is 6.07 Å². The number of hydrogen-bond donors (Lipinski definition) is 0. The van der Waals surface area contributed by atoms with Gasteiger partial charge in [0, 0.05) is 45.0 Å². The van der Waals surface area contributed by atoms with Crippen molar-refractivity contribution in [2.75, 3.05) is 55.7 Å². The summed E-state index contributed by atoms with van der Waals surface area (Å²) in [6, 6.07) is 18.1. The minimum absolute atomic E-state index is 0.0353. The van der Waals surface area contributed by atoms with Gasteiger partial charge >= 0.3 is 0 Å². The lowest BCUT2D eigenvalue weighted by Crippen LogP contribution is -2.37. The minimum Gasteiger partial charge on any atom is -0.378 e. The Hall–Kier alpha value is -2.74. The first-order chi connectivity index (χ1) is 19.0. The topological polar surface area (TPSA) is 36.0 Å². The van der Waals surface area contributed by atoms with Gasteiger partial charge in [-0.15, -0.1) is 11.3 Å². The van der Waals surface area contributed by atoms with Crippen LogP contribution < -0.4 is 9.80 Å². The third-order valence-electron chi connectivity index (χ3n) is 8.49. The van der Waals surface area contributed by atoms with Crippen molar-refractivity contribution in [2.24, 2.45) is 23.7 Å². The van der Waals surface area contributed by atoms with Crippen molar-refractivity contribution in [3.05, 3.63) is 81.8 Å². The van der Waals surface area contributed by atoms with Crippen LogP contribution in [0.4, 0.5) is 15.8 Å². The van der Waals surface area contributed by atoms with Crippen LogP contribution in [0.1, 0.15) is 34.6 Å². The predicted molar refractivity (Wildman–Crippen MR) is 156 cm³/mol. The van der Waals surface area contributed by atoms with Gasteiger partial charge in [-0.05, 0) is 70.9 Å². The molecule has 0 N–H and O–H groups in total. The second kappa shape index (κ2) is 11.4. The van der Waals surface area contributed by atoms with Crippen LogP contribution in [0.2, 0.25) is 0 Å². The van der Waals surface area contributed by atoms with Crippen LogP contribution in [0.5, 0.6) is 0 Å². The first-order valence-corrected chi connectivity index (χ1v) is 15.1. The molecule has 2 aromatic carbocycles. The van der Waals surface area contributed by atoms with Crippen LogP contribution >= 0.6 is 11.3 Å². The highest BCUT2D eigenvalue weighted by atomic mass is 32.1. The van der Waals surface area contributed by atoms with Crippen molar-refractivity contribution in [3.8, 4) is 0 Å². The van der Waals surface area contributed by atoms with Crippen molar-refractivity contribution in [1.82, 2.24) is 4.90 Å². The zero-order valence-corrected chi connectivity index (χ0v) is 23.7. The molecule has 0 spiro atoms. The van der Waals surface area contributed by atoms with Gasteiger partial charge < -0.3 is 14.5 Å². The van der Waals surface area contributed by atoms with Crippen LogP contribution in [-0.4, -0.2) is 56.7 Å². The average molecular weight is 548 g/mol. The molecule has 0 bridgehead atoms. The fourth-order valence-corrected chi connectivity index (χ4v) is 7.09. The number of halogens is 1. The smallest absolute Gasteiger partial charge is 0.268 e. The molecule has 1 saturated carbocycles. The van der Waals surface area contributed by atoms with Crippen molar-refractivity contribution < 1.29 is 13.9 Å². The molecule has 3 aliphatic rings. The summed E-state index contributed by atoms with van der Waals surface area (Å²) in [6.45, 7) is 10.8. The zero-order valence-electron chi connectivity index (χ0n) is 22.9. The number of carbonyl (C=O) groups is 1. The van der Waals surface area contributed by atoms with Gasteiger partial charge in [0.2, 0.25) is 0 Å². The number of likely N-dealkylation sites (tertiary alicyclic amines) is 1. The quantitative estimate of drug-likeness (QED) is 0.332. The Morgan fingerprint density at radius 1 is 1.05 bits per heavy atom. The fraction of sp³-hybridized carbons (Fsp3) is 0.469. The summed E-state index contributed by atoms with van der Waals surface area (Å²) in [7, 11) is 0. The highest BCUT2D eigenvalue weighted by molar-refractivity contribution is 7.12. The molecule has 3 fully saturated rings. The summed E-state index contributed by atoms with van der Waals surface area (Å²) in [4.78, 5) is 20.6. The second-order valence-electron chi connectivity index (χ2n) is 11.7. The number of amides is 1. The number of morpholine rings is 1. The molecule has 7 heteroatoms. The van der Waals surface area contributed by atoms with Crippen LogP contribution in [0.3, 0.4) is 0 Å². The molecule has 0 radical (unpaired) electrons. The molecular weight excluding hydrogens is 509 g/mol. The standard InChI is InChI=1S/C32H38FN3O2S/c1-22(2)16-23-5-7-24(8-6-23)18-34-19-26-27(20-34)28(26)21-36(32(37)31-4-3-15-39-31)25-9-10-30(29(33)17-25)35-11-13-38-14-12-35/h3-10,15,17,22,26-28H,11-14,16,18-21H2,1-2H3. The minimum atomic E-state index is -0.278. The maximum Gasteiger partial charge on any atom is 0.268 e. The Morgan fingerprint density at radius 2 is 1.77 bits per heavy atom. The molecule has 6 rings (SSSR count). The molecule has 2 saturated heterocycles. The predicted octanol–water partition coefficient (Wildman–Crippen LogP) is 5.95. The number of ether oxygens (including phenoxy) is 1. The maximum absolute atomic E-state index is 15.3. The number of rotatable bonds is 9. The summed E-state index contributed by atoms with van der Waals surface area (Å²) in [5.74, 6) is 2.01. The van der Waals surface area contributed by atoms with Crippen LogP contribution in [0.15, 0.2) is 60.0 Å². The van der Waals surface area contributed by atoms with Gasteiger partial charge in [0.25, 0.3) is 5.91 Å². The SMILES string of the molecule is CC(C)Cc1ccc(CN2CC3C(C2)C3CN(C(=O)c2cccs2)c2ccc(N3CCOCC3)c(F)c2)cc1. The molecule has 206 valence electrons. The van der Waals surface area contributed by atoms with Crippen LogP contribution in [-0.2, 0) is 17.7 Å². The van der Waals surface area contributed by atoms with Crippen molar-refractivity contribution in [3.63, 3.8) is 0 Å². The zero-order chi connectivity index (χ0) is 26.9. The van der Waals surface area contributed by atoms with E-state index >= 15 is 4.39 Å². The van der Waals surface area contributed by atoms with Gasteiger partial charge in [0.1, 0.15) is 5.82 Å². The van der Waals surface area contributed by atoms with Crippen molar-refractivity contribution in [1.29, 1.82) is 0 Å². The van der Waals surface area contributed by atoms with E-state index in [2.05, 4.69) is 43.0 Å². The fourth-order valence-electron chi connectivity index (χ4n) is 6.42. The van der Waals surface area contributed by atoms with Gasteiger partial charge in [-0.2, -0.15) is 0 Å². The highest BCUT2D eigenvalue weighted by Gasteiger charge is 2.56. The van der Waals surface area contributed by atoms with E-state index in [-0.39, 0.29) is 11.7 Å². The summed E-state index contributed by atoms with van der Waals surface area (Å²) in [6.07, 6.45) is 1.12. The maximum atomic E-state index is 15.3. The van der Waals surface area contributed by atoms with E-state index in [9.17, 15) is 4.79 Å². The lowest BCUT2D eigenvalue weighted by molar-refractivity contribution is 0.0988. The summed E-state index contributed by atoms with van der Waals surface area (Å²) >= 11 is 1.44. The van der Waals surface area contributed by atoms with Gasteiger partial charge in [0.05, 0.1) is 23.8 Å². The summed E-state index contributed by atoms with van der Waals surface area (Å²) in [5, 5.41) is 1.92. The average Bonchev–Trinajstić information content (AvgIpc) is 3.31. The number of nitrogens with zero attached hydrogens (tertiary/aromatic N) is 3. The lowest BCUT2D eigenvalue weighted by atomic mass is 10.0.